The lowest BCUT2D eigenvalue weighted by Crippen LogP contribution is -2.49. The Morgan fingerprint density at radius 3 is 2.67 bits per heavy atom. The van der Waals surface area contributed by atoms with Crippen molar-refractivity contribution in [2.75, 3.05) is 6.54 Å². The normalized spacial score (nSPS) is 36.6. The van der Waals surface area contributed by atoms with E-state index in [4.69, 9.17) is 0 Å². The monoisotopic (exact) mass is 276 g/mol. The fourth-order valence-electron chi connectivity index (χ4n) is 2.95. The van der Waals surface area contributed by atoms with Crippen LogP contribution in [0.3, 0.4) is 0 Å². The van der Waals surface area contributed by atoms with Crippen molar-refractivity contribution >= 4 is 18.3 Å². The van der Waals surface area contributed by atoms with Crippen LogP contribution in [0.4, 0.5) is 0 Å². The lowest BCUT2D eigenvalue weighted by Gasteiger charge is -2.32. The first kappa shape index (κ1) is 15.7. The van der Waals surface area contributed by atoms with Crippen LogP contribution in [-0.4, -0.2) is 35.7 Å². The summed E-state index contributed by atoms with van der Waals surface area (Å²) in [5.41, 5.74) is 0. The zero-order valence-electron chi connectivity index (χ0n) is 11.0. The standard InChI is InChI=1S/C13H24N2O2.ClH/c1-9-8-10(6-7-14-9)13(17)15-11-4-2-3-5-12(11)16;/h9-12,14,16H,2-8H2,1H3,(H,15,17);1H/t9-,10-,11?,12?;/m0./s1. The Labute approximate surface area is 115 Å². The zero-order valence-corrected chi connectivity index (χ0v) is 11.8. The van der Waals surface area contributed by atoms with Gasteiger partial charge in [0, 0.05) is 12.0 Å². The Bertz CT molecular complexity index is 276. The van der Waals surface area contributed by atoms with Crippen LogP contribution in [-0.2, 0) is 4.79 Å². The summed E-state index contributed by atoms with van der Waals surface area (Å²) in [4.78, 5) is 12.1. The highest BCUT2D eigenvalue weighted by molar-refractivity contribution is 5.85. The molecule has 0 spiro atoms. The quantitative estimate of drug-likeness (QED) is 0.711. The molecule has 4 nitrogen and oxygen atoms in total. The van der Waals surface area contributed by atoms with Gasteiger partial charge in [-0.05, 0) is 39.2 Å². The molecule has 1 amide bonds. The average Bonchev–Trinajstić information content (AvgIpc) is 2.32. The van der Waals surface area contributed by atoms with Crippen molar-refractivity contribution in [2.45, 2.75) is 63.6 Å². The Kier molecular flexibility index (Phi) is 6.39. The zero-order chi connectivity index (χ0) is 12.3. The fraction of sp³-hybridized carbons (Fsp3) is 0.923. The van der Waals surface area contributed by atoms with E-state index < -0.39 is 0 Å². The molecule has 0 radical (unpaired) electrons. The highest BCUT2D eigenvalue weighted by Gasteiger charge is 2.29. The first-order valence-corrected chi connectivity index (χ1v) is 6.88. The first-order valence-electron chi connectivity index (χ1n) is 6.88. The first-order chi connectivity index (χ1) is 8.16. The van der Waals surface area contributed by atoms with E-state index in [1.807, 2.05) is 0 Å². The van der Waals surface area contributed by atoms with Crippen LogP contribution in [0.25, 0.3) is 0 Å². The van der Waals surface area contributed by atoms with Gasteiger partial charge in [-0.1, -0.05) is 12.8 Å². The van der Waals surface area contributed by atoms with Crippen molar-refractivity contribution in [3.63, 3.8) is 0 Å². The highest BCUT2D eigenvalue weighted by Crippen LogP contribution is 2.21. The summed E-state index contributed by atoms with van der Waals surface area (Å²) in [5.74, 6) is 0.268. The SMILES string of the molecule is C[C@H]1C[C@@H](C(=O)NC2CCCCC2O)CCN1.Cl. The molecule has 1 saturated carbocycles. The number of amides is 1. The van der Waals surface area contributed by atoms with Crippen LogP contribution < -0.4 is 10.6 Å². The molecule has 0 aromatic carbocycles. The number of nitrogens with one attached hydrogen (secondary N) is 2. The van der Waals surface area contributed by atoms with Crippen molar-refractivity contribution in [2.24, 2.45) is 5.92 Å². The smallest absolute Gasteiger partial charge is 0.223 e. The van der Waals surface area contributed by atoms with Crippen molar-refractivity contribution in [3.8, 4) is 0 Å². The van der Waals surface area contributed by atoms with Gasteiger partial charge < -0.3 is 15.7 Å². The van der Waals surface area contributed by atoms with E-state index in [-0.39, 0.29) is 36.4 Å². The van der Waals surface area contributed by atoms with E-state index in [0.717, 1.165) is 45.1 Å². The van der Waals surface area contributed by atoms with E-state index in [1.165, 1.54) is 0 Å². The summed E-state index contributed by atoms with van der Waals surface area (Å²) in [6.45, 7) is 3.04. The predicted molar refractivity (Wildman–Crippen MR) is 73.8 cm³/mol. The third-order valence-electron chi connectivity index (χ3n) is 4.05. The molecule has 3 N–H and O–H groups in total. The van der Waals surface area contributed by atoms with Gasteiger partial charge in [-0.15, -0.1) is 12.4 Å². The second-order valence-corrected chi connectivity index (χ2v) is 5.54. The molecule has 2 aliphatic rings. The largest absolute Gasteiger partial charge is 0.391 e. The molecule has 5 heteroatoms. The third-order valence-corrected chi connectivity index (χ3v) is 4.05. The summed E-state index contributed by atoms with van der Waals surface area (Å²) in [6, 6.07) is 0.414. The van der Waals surface area contributed by atoms with E-state index in [2.05, 4.69) is 17.6 Å². The van der Waals surface area contributed by atoms with Crippen molar-refractivity contribution in [1.29, 1.82) is 0 Å². The maximum Gasteiger partial charge on any atom is 0.223 e. The summed E-state index contributed by atoms with van der Waals surface area (Å²) < 4.78 is 0. The van der Waals surface area contributed by atoms with Gasteiger partial charge in [0.25, 0.3) is 0 Å². The minimum absolute atomic E-state index is 0. The maximum absolute atomic E-state index is 12.1. The van der Waals surface area contributed by atoms with Crippen molar-refractivity contribution in [1.82, 2.24) is 10.6 Å². The molecule has 1 aliphatic carbocycles. The molecular weight excluding hydrogens is 252 g/mol. The van der Waals surface area contributed by atoms with Gasteiger partial charge in [0.15, 0.2) is 0 Å². The molecule has 2 fully saturated rings. The van der Waals surface area contributed by atoms with Gasteiger partial charge in [-0.2, -0.15) is 0 Å². The number of piperidine rings is 1. The van der Waals surface area contributed by atoms with E-state index >= 15 is 0 Å². The van der Waals surface area contributed by atoms with Gasteiger partial charge in [-0.3, -0.25) is 4.79 Å². The molecule has 2 rings (SSSR count). The van der Waals surface area contributed by atoms with E-state index in [1.54, 1.807) is 0 Å². The Morgan fingerprint density at radius 2 is 2.00 bits per heavy atom. The molecular formula is C13H25ClN2O2. The van der Waals surface area contributed by atoms with Crippen LogP contribution in [0.2, 0.25) is 0 Å². The molecule has 0 bridgehead atoms. The van der Waals surface area contributed by atoms with Crippen LogP contribution in [0.5, 0.6) is 0 Å². The van der Waals surface area contributed by atoms with Crippen LogP contribution >= 0.6 is 12.4 Å². The third kappa shape index (κ3) is 4.11. The molecule has 18 heavy (non-hydrogen) atoms. The predicted octanol–water partition coefficient (Wildman–Crippen LogP) is 1.22. The van der Waals surface area contributed by atoms with Gasteiger partial charge >= 0.3 is 0 Å². The second-order valence-electron chi connectivity index (χ2n) is 5.54. The average molecular weight is 277 g/mol. The number of hydrogen-bond acceptors (Lipinski definition) is 3. The van der Waals surface area contributed by atoms with Gasteiger partial charge in [-0.25, -0.2) is 0 Å². The topological polar surface area (TPSA) is 61.4 Å². The lowest BCUT2D eigenvalue weighted by molar-refractivity contribution is -0.128. The number of halogens is 1. The Balaban J connectivity index is 0.00000162. The number of carbonyl (C=O) groups excluding carboxylic acids is 1. The van der Waals surface area contributed by atoms with Crippen molar-refractivity contribution < 1.29 is 9.90 Å². The van der Waals surface area contributed by atoms with Gasteiger partial charge in [0.1, 0.15) is 0 Å². The summed E-state index contributed by atoms with van der Waals surface area (Å²) in [5, 5.41) is 16.2. The maximum atomic E-state index is 12.1. The van der Waals surface area contributed by atoms with E-state index in [0.29, 0.717) is 6.04 Å². The molecule has 1 saturated heterocycles. The van der Waals surface area contributed by atoms with Crippen LogP contribution in [0.1, 0.15) is 45.4 Å². The molecule has 0 aromatic heterocycles. The minimum Gasteiger partial charge on any atom is -0.391 e. The van der Waals surface area contributed by atoms with Crippen LogP contribution in [0.15, 0.2) is 0 Å². The molecule has 0 aromatic rings. The number of aliphatic hydroxyl groups is 1. The summed E-state index contributed by atoms with van der Waals surface area (Å²) in [6.07, 6.45) is 5.43. The number of rotatable bonds is 2. The fourth-order valence-corrected chi connectivity index (χ4v) is 2.95. The number of aliphatic hydroxyl groups excluding tert-OH is 1. The Morgan fingerprint density at radius 1 is 1.28 bits per heavy atom. The van der Waals surface area contributed by atoms with Gasteiger partial charge in [0.2, 0.25) is 5.91 Å². The van der Waals surface area contributed by atoms with E-state index in [9.17, 15) is 9.90 Å². The number of hydrogen-bond donors (Lipinski definition) is 3. The molecule has 4 atom stereocenters. The molecule has 2 unspecified atom stereocenters. The molecule has 1 aliphatic heterocycles. The lowest BCUT2D eigenvalue weighted by atomic mass is 9.89. The van der Waals surface area contributed by atoms with Crippen molar-refractivity contribution in [3.05, 3.63) is 0 Å². The van der Waals surface area contributed by atoms with Gasteiger partial charge in [0.05, 0.1) is 12.1 Å². The summed E-state index contributed by atoms with van der Waals surface area (Å²) >= 11 is 0. The highest BCUT2D eigenvalue weighted by atomic mass is 35.5. The summed E-state index contributed by atoms with van der Waals surface area (Å²) in [7, 11) is 0. The minimum atomic E-state index is -0.341. The molecule has 1 heterocycles. The molecule has 106 valence electrons. The number of carbonyl (C=O) groups is 1. The van der Waals surface area contributed by atoms with Crippen LogP contribution in [0, 0.1) is 5.92 Å². The second kappa shape index (κ2) is 7.31. The Hall–Kier alpha value is -0.320.